The van der Waals surface area contributed by atoms with Gasteiger partial charge < -0.3 is 14.2 Å². The molecule has 2 heterocycles. The van der Waals surface area contributed by atoms with Crippen LogP contribution in [0.1, 0.15) is 30.5 Å². The van der Waals surface area contributed by atoms with E-state index in [9.17, 15) is 4.79 Å². The fourth-order valence-electron chi connectivity index (χ4n) is 3.23. The number of pyridine rings is 1. The molecule has 1 fully saturated rings. The van der Waals surface area contributed by atoms with Crippen LogP contribution in [0.4, 0.5) is 0 Å². The fourth-order valence-corrected chi connectivity index (χ4v) is 3.23. The zero-order valence-electron chi connectivity index (χ0n) is 14.4. The molecule has 0 spiro atoms. The minimum atomic E-state index is -0.0438. The van der Waals surface area contributed by atoms with Gasteiger partial charge in [0, 0.05) is 25.4 Å². The normalized spacial score (nSPS) is 15.4. The van der Waals surface area contributed by atoms with Crippen molar-refractivity contribution in [1.82, 2.24) is 9.47 Å². The summed E-state index contributed by atoms with van der Waals surface area (Å²) in [5, 5.41) is 0. The molecule has 0 atom stereocenters. The number of hydrogen-bond donors (Lipinski definition) is 0. The lowest BCUT2D eigenvalue weighted by molar-refractivity contribution is 0.219. The van der Waals surface area contributed by atoms with Crippen LogP contribution in [0.5, 0.6) is 5.75 Å². The van der Waals surface area contributed by atoms with Gasteiger partial charge in [0.25, 0.3) is 0 Å². The highest BCUT2D eigenvalue weighted by atomic mass is 16.5. The molecule has 24 heavy (non-hydrogen) atoms. The van der Waals surface area contributed by atoms with Gasteiger partial charge in [-0.3, -0.25) is 4.79 Å². The van der Waals surface area contributed by atoms with Gasteiger partial charge in [0.2, 0.25) is 5.43 Å². The molecule has 3 rings (SSSR count). The van der Waals surface area contributed by atoms with Crippen LogP contribution in [0.15, 0.2) is 47.4 Å². The second kappa shape index (κ2) is 8.15. The van der Waals surface area contributed by atoms with Crippen LogP contribution in [0.2, 0.25) is 0 Å². The van der Waals surface area contributed by atoms with Crippen LogP contribution < -0.4 is 10.2 Å². The van der Waals surface area contributed by atoms with Gasteiger partial charge in [0.1, 0.15) is 6.61 Å². The Balaban J connectivity index is 1.66. The average Bonchev–Trinajstić information content (AvgIpc) is 2.63. The predicted molar refractivity (Wildman–Crippen MR) is 96.5 cm³/mol. The molecule has 1 aromatic carbocycles. The average molecular weight is 326 g/mol. The van der Waals surface area contributed by atoms with E-state index in [0.717, 1.165) is 24.3 Å². The van der Waals surface area contributed by atoms with Gasteiger partial charge in [-0.1, -0.05) is 36.8 Å². The van der Waals surface area contributed by atoms with Crippen molar-refractivity contribution in [2.24, 2.45) is 0 Å². The molecule has 128 valence electrons. The van der Waals surface area contributed by atoms with Gasteiger partial charge in [0.05, 0.1) is 5.69 Å². The summed E-state index contributed by atoms with van der Waals surface area (Å²) < 4.78 is 7.97. The fraction of sp³-hybridized carbons (Fsp3) is 0.450. The third-order valence-electron chi connectivity index (χ3n) is 4.72. The van der Waals surface area contributed by atoms with Crippen LogP contribution in [0, 0.1) is 6.92 Å². The molecule has 0 radical (unpaired) electrons. The van der Waals surface area contributed by atoms with E-state index in [0.29, 0.717) is 12.4 Å². The maximum atomic E-state index is 12.2. The molecule has 0 N–H and O–H groups in total. The number of aromatic nitrogens is 1. The summed E-state index contributed by atoms with van der Waals surface area (Å²) in [4.78, 5) is 14.7. The molecular formula is C20H26N2O2. The molecule has 0 bridgehead atoms. The largest absolute Gasteiger partial charge is 0.483 e. The standard InChI is InChI=1S/C20H26N2O2/c1-17-20(24-16-18-8-4-2-5-9-18)19(23)10-13-22(17)15-14-21-11-6-3-7-12-21/h2,4-5,8-10,13H,3,6-7,11-12,14-16H2,1H3. The molecule has 0 aliphatic carbocycles. The van der Waals surface area contributed by atoms with Gasteiger partial charge in [0.15, 0.2) is 5.75 Å². The topological polar surface area (TPSA) is 34.5 Å². The van der Waals surface area contributed by atoms with Crippen LogP contribution >= 0.6 is 0 Å². The molecule has 1 aromatic heterocycles. The highest BCUT2D eigenvalue weighted by Crippen LogP contribution is 2.15. The number of hydrogen-bond acceptors (Lipinski definition) is 3. The molecule has 4 nitrogen and oxygen atoms in total. The van der Waals surface area contributed by atoms with E-state index in [-0.39, 0.29) is 5.43 Å². The molecule has 0 unspecified atom stereocenters. The Morgan fingerprint density at radius 3 is 2.50 bits per heavy atom. The Hall–Kier alpha value is -2.07. The summed E-state index contributed by atoms with van der Waals surface area (Å²) in [6.45, 7) is 6.70. The first kappa shape index (κ1) is 16.8. The third-order valence-corrected chi connectivity index (χ3v) is 4.72. The molecule has 1 aliphatic heterocycles. The first-order chi connectivity index (χ1) is 11.7. The highest BCUT2D eigenvalue weighted by molar-refractivity contribution is 5.28. The van der Waals surface area contributed by atoms with E-state index < -0.39 is 0 Å². The van der Waals surface area contributed by atoms with Crippen LogP contribution in [-0.4, -0.2) is 29.1 Å². The van der Waals surface area contributed by atoms with E-state index in [1.54, 1.807) is 6.07 Å². The molecule has 4 heteroatoms. The molecular weight excluding hydrogens is 300 g/mol. The van der Waals surface area contributed by atoms with Crippen molar-refractivity contribution < 1.29 is 4.74 Å². The Morgan fingerprint density at radius 2 is 1.75 bits per heavy atom. The molecule has 2 aromatic rings. The summed E-state index contributed by atoms with van der Waals surface area (Å²) in [5.41, 5.74) is 1.94. The first-order valence-electron chi connectivity index (χ1n) is 8.83. The Labute approximate surface area is 143 Å². The lowest BCUT2D eigenvalue weighted by Gasteiger charge is -2.27. The molecule has 0 amide bonds. The van der Waals surface area contributed by atoms with E-state index in [1.807, 2.05) is 43.5 Å². The third kappa shape index (κ3) is 4.26. The minimum absolute atomic E-state index is 0.0438. The number of benzene rings is 1. The maximum absolute atomic E-state index is 12.2. The van der Waals surface area contributed by atoms with Gasteiger partial charge in [-0.15, -0.1) is 0 Å². The zero-order chi connectivity index (χ0) is 16.8. The SMILES string of the molecule is Cc1c(OCc2ccccc2)c(=O)ccn1CCN1CCCCC1. The smallest absolute Gasteiger partial charge is 0.223 e. The van der Waals surface area contributed by atoms with Gasteiger partial charge in [-0.25, -0.2) is 0 Å². The van der Waals surface area contributed by atoms with E-state index >= 15 is 0 Å². The van der Waals surface area contributed by atoms with Crippen LogP contribution in [-0.2, 0) is 13.2 Å². The second-order valence-corrected chi connectivity index (χ2v) is 6.46. The lowest BCUT2D eigenvalue weighted by atomic mass is 10.1. The summed E-state index contributed by atoms with van der Waals surface area (Å²) in [5.74, 6) is 0.472. The van der Waals surface area contributed by atoms with Crippen molar-refractivity contribution in [2.45, 2.75) is 39.3 Å². The number of rotatable bonds is 6. The number of piperidine rings is 1. The van der Waals surface area contributed by atoms with E-state index in [2.05, 4.69) is 9.47 Å². The first-order valence-corrected chi connectivity index (χ1v) is 8.83. The Kier molecular flexibility index (Phi) is 5.70. The van der Waals surface area contributed by atoms with Crippen molar-refractivity contribution in [1.29, 1.82) is 0 Å². The van der Waals surface area contributed by atoms with Crippen molar-refractivity contribution >= 4 is 0 Å². The summed E-state index contributed by atoms with van der Waals surface area (Å²) >= 11 is 0. The van der Waals surface area contributed by atoms with E-state index in [1.165, 1.54) is 32.4 Å². The quantitative estimate of drug-likeness (QED) is 0.817. The summed E-state index contributed by atoms with van der Waals surface area (Å²) in [7, 11) is 0. The lowest BCUT2D eigenvalue weighted by Crippen LogP contribution is -2.33. The number of ether oxygens (including phenoxy) is 1. The second-order valence-electron chi connectivity index (χ2n) is 6.46. The highest BCUT2D eigenvalue weighted by Gasteiger charge is 2.12. The van der Waals surface area contributed by atoms with Gasteiger partial charge >= 0.3 is 0 Å². The Morgan fingerprint density at radius 1 is 1.00 bits per heavy atom. The Bertz CT molecular complexity index is 703. The van der Waals surface area contributed by atoms with Crippen LogP contribution in [0.25, 0.3) is 0 Å². The summed E-state index contributed by atoms with van der Waals surface area (Å²) in [6.07, 6.45) is 5.84. The van der Waals surface area contributed by atoms with E-state index in [4.69, 9.17) is 4.74 Å². The monoisotopic (exact) mass is 326 g/mol. The van der Waals surface area contributed by atoms with Gasteiger partial charge in [-0.2, -0.15) is 0 Å². The van der Waals surface area contributed by atoms with Crippen molar-refractivity contribution in [2.75, 3.05) is 19.6 Å². The summed E-state index contributed by atoms with van der Waals surface area (Å²) in [6, 6.07) is 11.6. The van der Waals surface area contributed by atoms with Crippen LogP contribution in [0.3, 0.4) is 0 Å². The predicted octanol–water partition coefficient (Wildman–Crippen LogP) is 3.22. The number of nitrogens with zero attached hydrogens (tertiary/aromatic N) is 2. The van der Waals surface area contributed by atoms with Gasteiger partial charge in [-0.05, 0) is 38.4 Å². The maximum Gasteiger partial charge on any atom is 0.223 e. The molecule has 1 aliphatic rings. The van der Waals surface area contributed by atoms with Crippen molar-refractivity contribution in [3.05, 3.63) is 64.1 Å². The molecule has 0 saturated carbocycles. The zero-order valence-corrected chi connectivity index (χ0v) is 14.4. The van der Waals surface area contributed by atoms with Crippen molar-refractivity contribution in [3.63, 3.8) is 0 Å². The van der Waals surface area contributed by atoms with Crippen molar-refractivity contribution in [3.8, 4) is 5.75 Å². The number of likely N-dealkylation sites (tertiary alicyclic amines) is 1. The molecule has 1 saturated heterocycles. The minimum Gasteiger partial charge on any atom is -0.483 e.